The Kier molecular flexibility index (Phi) is 4.36. The number of carboxylic acid groups (broad SMARTS) is 1. The quantitative estimate of drug-likeness (QED) is 0.859. The minimum atomic E-state index is -3.74. The van der Waals surface area contributed by atoms with Crippen molar-refractivity contribution in [2.45, 2.75) is 31.3 Å². The SMILES string of the molecule is Cc1cc(C)cc(S(=O)(=O)N2CCC(O)C(C(=O)O)C2)c1. The lowest BCUT2D eigenvalue weighted by molar-refractivity contribution is -0.147. The van der Waals surface area contributed by atoms with Crippen LogP contribution in [0.5, 0.6) is 0 Å². The fourth-order valence-corrected chi connectivity index (χ4v) is 4.27. The van der Waals surface area contributed by atoms with Gasteiger partial charge in [-0.1, -0.05) is 6.07 Å². The lowest BCUT2D eigenvalue weighted by Crippen LogP contribution is -2.48. The van der Waals surface area contributed by atoms with Crippen molar-refractivity contribution in [3.8, 4) is 0 Å². The molecule has 0 aliphatic carbocycles. The van der Waals surface area contributed by atoms with E-state index in [1.54, 1.807) is 12.1 Å². The summed E-state index contributed by atoms with van der Waals surface area (Å²) < 4.78 is 26.4. The van der Waals surface area contributed by atoms with Gasteiger partial charge < -0.3 is 10.2 Å². The molecule has 1 heterocycles. The van der Waals surface area contributed by atoms with Crippen molar-refractivity contribution in [2.24, 2.45) is 5.92 Å². The van der Waals surface area contributed by atoms with E-state index in [0.29, 0.717) is 0 Å². The van der Waals surface area contributed by atoms with E-state index in [0.717, 1.165) is 15.4 Å². The molecule has 0 saturated carbocycles. The number of sulfonamides is 1. The Morgan fingerprint density at radius 2 is 1.81 bits per heavy atom. The molecule has 1 aromatic rings. The molecule has 1 aliphatic rings. The number of aliphatic hydroxyl groups excluding tert-OH is 1. The zero-order valence-corrected chi connectivity index (χ0v) is 12.8. The summed E-state index contributed by atoms with van der Waals surface area (Å²) >= 11 is 0. The molecule has 2 N–H and O–H groups in total. The van der Waals surface area contributed by atoms with Gasteiger partial charge in [-0.2, -0.15) is 4.31 Å². The van der Waals surface area contributed by atoms with E-state index in [2.05, 4.69) is 0 Å². The molecule has 1 saturated heterocycles. The van der Waals surface area contributed by atoms with Gasteiger partial charge in [0.05, 0.1) is 16.9 Å². The summed E-state index contributed by atoms with van der Waals surface area (Å²) in [6.45, 7) is 3.55. The van der Waals surface area contributed by atoms with E-state index in [1.165, 1.54) is 0 Å². The summed E-state index contributed by atoms with van der Waals surface area (Å²) in [5, 5.41) is 18.7. The van der Waals surface area contributed by atoms with Crippen molar-refractivity contribution in [3.63, 3.8) is 0 Å². The molecule has 1 fully saturated rings. The summed E-state index contributed by atoms with van der Waals surface area (Å²) in [5.74, 6) is -2.26. The average molecular weight is 313 g/mol. The molecule has 2 atom stereocenters. The number of carbonyl (C=O) groups is 1. The Labute approximate surface area is 124 Å². The van der Waals surface area contributed by atoms with Crippen LogP contribution in [0.2, 0.25) is 0 Å². The molecule has 0 aromatic heterocycles. The number of nitrogens with zero attached hydrogens (tertiary/aromatic N) is 1. The van der Waals surface area contributed by atoms with Crippen molar-refractivity contribution < 1.29 is 23.4 Å². The Morgan fingerprint density at radius 1 is 1.24 bits per heavy atom. The summed E-state index contributed by atoms with van der Waals surface area (Å²) in [5.41, 5.74) is 1.67. The van der Waals surface area contributed by atoms with Crippen LogP contribution < -0.4 is 0 Å². The van der Waals surface area contributed by atoms with Crippen LogP contribution in [0.1, 0.15) is 17.5 Å². The number of hydrogen-bond acceptors (Lipinski definition) is 4. The number of carboxylic acids is 1. The topological polar surface area (TPSA) is 94.9 Å². The van der Waals surface area contributed by atoms with E-state index >= 15 is 0 Å². The number of aliphatic carboxylic acids is 1. The number of aliphatic hydroxyl groups is 1. The monoisotopic (exact) mass is 313 g/mol. The normalized spacial score (nSPS) is 24.0. The highest BCUT2D eigenvalue weighted by molar-refractivity contribution is 7.89. The van der Waals surface area contributed by atoms with Gasteiger partial charge in [0.1, 0.15) is 0 Å². The van der Waals surface area contributed by atoms with E-state index in [-0.39, 0.29) is 24.4 Å². The first-order valence-electron chi connectivity index (χ1n) is 6.71. The van der Waals surface area contributed by atoms with Gasteiger partial charge in [-0.15, -0.1) is 0 Å². The summed E-state index contributed by atoms with van der Waals surface area (Å²) in [4.78, 5) is 11.3. The fourth-order valence-electron chi connectivity index (χ4n) is 2.60. The average Bonchev–Trinajstić information content (AvgIpc) is 2.37. The van der Waals surface area contributed by atoms with Crippen LogP contribution in [0.3, 0.4) is 0 Å². The van der Waals surface area contributed by atoms with Gasteiger partial charge in [0.2, 0.25) is 10.0 Å². The van der Waals surface area contributed by atoms with Crippen LogP contribution in [-0.2, 0) is 14.8 Å². The second-order valence-electron chi connectivity index (χ2n) is 5.49. The second-order valence-corrected chi connectivity index (χ2v) is 7.43. The van der Waals surface area contributed by atoms with Gasteiger partial charge in [-0.25, -0.2) is 8.42 Å². The number of piperidine rings is 1. The molecule has 21 heavy (non-hydrogen) atoms. The summed E-state index contributed by atoms with van der Waals surface area (Å²) in [7, 11) is -3.74. The minimum Gasteiger partial charge on any atom is -0.481 e. The third kappa shape index (κ3) is 3.25. The zero-order chi connectivity index (χ0) is 15.8. The van der Waals surface area contributed by atoms with E-state index in [4.69, 9.17) is 5.11 Å². The molecule has 2 rings (SSSR count). The predicted octanol–water partition coefficient (Wildman–Crippen LogP) is 0.760. The number of aryl methyl sites for hydroxylation is 2. The van der Waals surface area contributed by atoms with E-state index in [9.17, 15) is 18.3 Å². The highest BCUT2D eigenvalue weighted by Gasteiger charge is 2.38. The Hall–Kier alpha value is -1.44. The van der Waals surface area contributed by atoms with Crippen LogP contribution >= 0.6 is 0 Å². The molecule has 6 nitrogen and oxygen atoms in total. The highest BCUT2D eigenvalue weighted by Crippen LogP contribution is 2.25. The molecule has 0 radical (unpaired) electrons. The minimum absolute atomic E-state index is 0.125. The second kappa shape index (κ2) is 5.75. The molecular formula is C14H19NO5S. The van der Waals surface area contributed by atoms with Gasteiger partial charge in [0.25, 0.3) is 0 Å². The Bertz CT molecular complexity index is 635. The molecule has 0 spiro atoms. The van der Waals surface area contributed by atoms with Gasteiger partial charge in [-0.05, 0) is 43.5 Å². The molecule has 2 unspecified atom stereocenters. The van der Waals surface area contributed by atoms with Crippen LogP contribution in [0.15, 0.2) is 23.1 Å². The number of benzene rings is 1. The van der Waals surface area contributed by atoms with E-state index in [1.807, 2.05) is 19.9 Å². The molecule has 0 amide bonds. The Morgan fingerprint density at radius 3 is 2.33 bits per heavy atom. The van der Waals surface area contributed by atoms with Crippen molar-refractivity contribution in [1.29, 1.82) is 0 Å². The molecule has 116 valence electrons. The summed E-state index contributed by atoms with van der Waals surface area (Å²) in [6, 6.07) is 5.02. The molecule has 7 heteroatoms. The van der Waals surface area contributed by atoms with Gasteiger partial charge in [-0.3, -0.25) is 4.79 Å². The van der Waals surface area contributed by atoms with E-state index < -0.39 is 28.0 Å². The zero-order valence-electron chi connectivity index (χ0n) is 12.0. The maximum absolute atomic E-state index is 12.6. The highest BCUT2D eigenvalue weighted by atomic mass is 32.2. The first kappa shape index (κ1) is 15.9. The van der Waals surface area contributed by atoms with Crippen LogP contribution in [-0.4, -0.2) is 48.1 Å². The first-order valence-corrected chi connectivity index (χ1v) is 8.15. The predicted molar refractivity (Wildman–Crippen MR) is 76.4 cm³/mol. The van der Waals surface area contributed by atoms with Crippen LogP contribution in [0.4, 0.5) is 0 Å². The van der Waals surface area contributed by atoms with Crippen molar-refractivity contribution in [3.05, 3.63) is 29.3 Å². The lowest BCUT2D eigenvalue weighted by Gasteiger charge is -2.33. The molecule has 0 bridgehead atoms. The van der Waals surface area contributed by atoms with Crippen molar-refractivity contribution in [1.82, 2.24) is 4.31 Å². The fraction of sp³-hybridized carbons (Fsp3) is 0.500. The summed E-state index contributed by atoms with van der Waals surface area (Å²) in [6.07, 6.45) is -0.880. The van der Waals surface area contributed by atoms with Crippen LogP contribution in [0.25, 0.3) is 0 Å². The Balaban J connectivity index is 2.33. The number of hydrogen-bond donors (Lipinski definition) is 2. The molecule has 1 aromatic carbocycles. The maximum Gasteiger partial charge on any atom is 0.310 e. The van der Waals surface area contributed by atoms with Gasteiger partial charge >= 0.3 is 5.97 Å². The third-order valence-corrected chi connectivity index (χ3v) is 5.53. The molecule has 1 aliphatic heterocycles. The smallest absolute Gasteiger partial charge is 0.310 e. The van der Waals surface area contributed by atoms with Crippen LogP contribution in [0, 0.1) is 19.8 Å². The number of rotatable bonds is 3. The molecular weight excluding hydrogens is 294 g/mol. The largest absolute Gasteiger partial charge is 0.481 e. The standard InChI is InChI=1S/C14H19NO5S/c1-9-5-10(2)7-11(6-9)21(19,20)15-4-3-13(16)12(8-15)14(17)18/h5-7,12-13,16H,3-4,8H2,1-2H3,(H,17,18). The van der Waals surface area contributed by atoms with Gasteiger partial charge in [0, 0.05) is 13.1 Å². The maximum atomic E-state index is 12.6. The van der Waals surface area contributed by atoms with Gasteiger partial charge in [0.15, 0.2) is 0 Å². The lowest BCUT2D eigenvalue weighted by atomic mass is 9.96. The van der Waals surface area contributed by atoms with Crippen molar-refractivity contribution >= 4 is 16.0 Å². The third-order valence-electron chi connectivity index (χ3n) is 3.69. The van der Waals surface area contributed by atoms with Crippen molar-refractivity contribution in [2.75, 3.05) is 13.1 Å². The first-order chi connectivity index (χ1) is 9.71.